The molecule has 0 atom stereocenters. The van der Waals surface area contributed by atoms with Gasteiger partial charge in [-0.25, -0.2) is 4.99 Å². The van der Waals surface area contributed by atoms with Gasteiger partial charge in [0, 0.05) is 20.1 Å². The van der Waals surface area contributed by atoms with Crippen LogP contribution in [0, 0.1) is 0 Å². The molecule has 0 saturated carbocycles. The molecule has 0 amide bonds. The van der Waals surface area contributed by atoms with E-state index in [1.807, 2.05) is 7.05 Å². The summed E-state index contributed by atoms with van der Waals surface area (Å²) >= 11 is 0. The minimum atomic E-state index is 0.809. The maximum absolute atomic E-state index is 4.48. The summed E-state index contributed by atoms with van der Waals surface area (Å²) in [6, 6.07) is 0. The maximum atomic E-state index is 4.48. The van der Waals surface area contributed by atoms with Gasteiger partial charge in [0.25, 0.3) is 5.96 Å². The van der Waals surface area contributed by atoms with Crippen LogP contribution in [-0.2, 0) is 0 Å². The van der Waals surface area contributed by atoms with Crippen LogP contribution < -0.4 is 0 Å². The molecule has 0 aromatic heterocycles. The summed E-state index contributed by atoms with van der Waals surface area (Å²) in [5.41, 5.74) is 0. The van der Waals surface area contributed by atoms with Gasteiger partial charge in [-0.15, -0.1) is 0 Å². The Labute approximate surface area is 102 Å². The molecule has 0 heterocycles. The van der Waals surface area contributed by atoms with Gasteiger partial charge in [-0.05, 0) is 12.8 Å². The molecule has 0 unspecified atom stereocenters. The molecule has 0 aliphatic rings. The van der Waals surface area contributed by atoms with Gasteiger partial charge in [-0.2, -0.15) is 0 Å². The number of hydrogen-bond acceptors (Lipinski definition) is 1. The van der Waals surface area contributed by atoms with Gasteiger partial charge in [0.15, 0.2) is 0 Å². The van der Waals surface area contributed by atoms with Crippen LogP contribution in [0.5, 0.6) is 0 Å². The van der Waals surface area contributed by atoms with Crippen LogP contribution in [0.15, 0.2) is 4.99 Å². The standard InChI is InChI=1S/C13H30N3/c1-7-9-11-15(12-10-8-2)13(14-3)16(4,5)6/h7-12H2,1-6H3/q+1. The van der Waals surface area contributed by atoms with E-state index in [4.69, 9.17) is 0 Å². The maximum Gasteiger partial charge on any atom is 0.299 e. The van der Waals surface area contributed by atoms with Crippen molar-refractivity contribution in [2.24, 2.45) is 4.99 Å². The average molecular weight is 228 g/mol. The molecule has 0 aromatic carbocycles. The van der Waals surface area contributed by atoms with E-state index in [1.165, 1.54) is 31.6 Å². The highest BCUT2D eigenvalue weighted by Crippen LogP contribution is 2.06. The number of guanidine groups is 1. The largest absolute Gasteiger partial charge is 0.311 e. The van der Waals surface area contributed by atoms with E-state index in [0.717, 1.165) is 17.6 Å². The number of unbranched alkanes of at least 4 members (excludes halogenated alkanes) is 2. The number of aliphatic imine (C=N–C) groups is 1. The summed E-state index contributed by atoms with van der Waals surface area (Å²) in [7, 11) is 8.47. The molecule has 0 N–H and O–H groups in total. The first-order valence-electron chi connectivity index (χ1n) is 6.51. The average Bonchev–Trinajstić information content (AvgIpc) is 2.20. The highest BCUT2D eigenvalue weighted by atomic mass is 15.5. The first kappa shape index (κ1) is 15.4. The van der Waals surface area contributed by atoms with E-state index >= 15 is 0 Å². The Morgan fingerprint density at radius 1 is 1.00 bits per heavy atom. The molecule has 3 nitrogen and oxygen atoms in total. The van der Waals surface area contributed by atoms with Crippen LogP contribution in [0.2, 0.25) is 0 Å². The normalized spacial score (nSPS) is 13.0. The van der Waals surface area contributed by atoms with Gasteiger partial charge >= 0.3 is 0 Å². The molecule has 0 spiro atoms. The predicted molar refractivity (Wildman–Crippen MR) is 72.8 cm³/mol. The van der Waals surface area contributed by atoms with Crippen molar-refractivity contribution in [3.8, 4) is 0 Å². The Kier molecular flexibility index (Phi) is 7.39. The van der Waals surface area contributed by atoms with Crippen LogP contribution in [0.3, 0.4) is 0 Å². The molecule has 16 heavy (non-hydrogen) atoms. The van der Waals surface area contributed by atoms with Crippen molar-refractivity contribution >= 4 is 5.96 Å². The monoisotopic (exact) mass is 228 g/mol. The van der Waals surface area contributed by atoms with Gasteiger partial charge in [0.05, 0.1) is 21.1 Å². The second-order valence-corrected chi connectivity index (χ2v) is 5.23. The third-order valence-corrected chi connectivity index (χ3v) is 2.65. The molecular weight excluding hydrogens is 198 g/mol. The van der Waals surface area contributed by atoms with Crippen molar-refractivity contribution in [1.29, 1.82) is 0 Å². The van der Waals surface area contributed by atoms with Gasteiger partial charge in [0.2, 0.25) is 0 Å². The van der Waals surface area contributed by atoms with E-state index in [-0.39, 0.29) is 0 Å². The SMILES string of the molecule is CCCCN(CCCC)C(=NC)[N+](C)(C)C. The Hall–Kier alpha value is -0.570. The van der Waals surface area contributed by atoms with Crippen molar-refractivity contribution in [2.45, 2.75) is 39.5 Å². The third kappa shape index (κ3) is 5.50. The molecule has 3 heteroatoms. The van der Waals surface area contributed by atoms with E-state index in [2.05, 4.69) is 44.9 Å². The fourth-order valence-corrected chi connectivity index (χ4v) is 1.88. The van der Waals surface area contributed by atoms with Gasteiger partial charge < -0.3 is 4.90 Å². The van der Waals surface area contributed by atoms with Crippen molar-refractivity contribution in [3.63, 3.8) is 0 Å². The Morgan fingerprint density at radius 3 is 1.69 bits per heavy atom. The summed E-state index contributed by atoms with van der Waals surface area (Å²) in [5, 5.41) is 0. The topological polar surface area (TPSA) is 15.6 Å². The summed E-state index contributed by atoms with van der Waals surface area (Å²) in [6.07, 6.45) is 5.00. The second-order valence-electron chi connectivity index (χ2n) is 5.23. The lowest BCUT2D eigenvalue weighted by Gasteiger charge is -2.33. The molecule has 0 rings (SSSR count). The van der Waals surface area contributed by atoms with Crippen molar-refractivity contribution in [2.75, 3.05) is 41.3 Å². The molecule has 0 fully saturated rings. The van der Waals surface area contributed by atoms with Crippen LogP contribution in [-0.4, -0.2) is 56.6 Å². The van der Waals surface area contributed by atoms with Gasteiger partial charge in [-0.1, -0.05) is 26.7 Å². The van der Waals surface area contributed by atoms with E-state index in [1.54, 1.807) is 0 Å². The fraction of sp³-hybridized carbons (Fsp3) is 0.923. The van der Waals surface area contributed by atoms with Crippen molar-refractivity contribution in [1.82, 2.24) is 4.90 Å². The molecule has 0 bridgehead atoms. The molecule has 0 radical (unpaired) electrons. The lowest BCUT2D eigenvalue weighted by molar-refractivity contribution is -0.783. The van der Waals surface area contributed by atoms with Crippen LogP contribution in [0.25, 0.3) is 0 Å². The fourth-order valence-electron chi connectivity index (χ4n) is 1.88. The molecular formula is C13H30N3+. The summed E-state index contributed by atoms with van der Waals surface area (Å²) in [6.45, 7) is 6.76. The number of hydrogen-bond donors (Lipinski definition) is 0. The predicted octanol–water partition coefficient (Wildman–Crippen LogP) is 2.58. The zero-order chi connectivity index (χ0) is 12.6. The quantitative estimate of drug-likeness (QED) is 0.387. The number of quaternary nitrogens is 1. The number of nitrogens with zero attached hydrogens (tertiary/aromatic N) is 3. The summed E-state index contributed by atoms with van der Waals surface area (Å²) < 4.78 is 0.809. The lowest BCUT2D eigenvalue weighted by atomic mass is 10.2. The highest BCUT2D eigenvalue weighted by Gasteiger charge is 2.23. The van der Waals surface area contributed by atoms with E-state index in [0.29, 0.717) is 0 Å². The second kappa shape index (κ2) is 7.66. The third-order valence-electron chi connectivity index (χ3n) is 2.65. The molecule has 0 aromatic rings. The first-order chi connectivity index (χ1) is 7.47. The first-order valence-corrected chi connectivity index (χ1v) is 6.51. The smallest absolute Gasteiger partial charge is 0.299 e. The zero-order valence-corrected chi connectivity index (χ0v) is 12.1. The van der Waals surface area contributed by atoms with Crippen LogP contribution in [0.4, 0.5) is 0 Å². The van der Waals surface area contributed by atoms with E-state index < -0.39 is 0 Å². The highest BCUT2D eigenvalue weighted by molar-refractivity contribution is 5.72. The minimum Gasteiger partial charge on any atom is -0.311 e. The number of rotatable bonds is 6. The van der Waals surface area contributed by atoms with E-state index in [9.17, 15) is 0 Å². The minimum absolute atomic E-state index is 0.809. The van der Waals surface area contributed by atoms with Crippen LogP contribution in [0.1, 0.15) is 39.5 Å². The van der Waals surface area contributed by atoms with Crippen molar-refractivity contribution in [3.05, 3.63) is 0 Å². The van der Waals surface area contributed by atoms with Gasteiger partial charge in [-0.3, -0.25) is 4.48 Å². The Balaban J connectivity index is 4.57. The Morgan fingerprint density at radius 2 is 1.44 bits per heavy atom. The molecule has 0 saturated heterocycles. The zero-order valence-electron chi connectivity index (χ0n) is 12.1. The molecule has 0 aliphatic heterocycles. The van der Waals surface area contributed by atoms with Crippen molar-refractivity contribution < 1.29 is 4.48 Å². The molecule has 96 valence electrons. The Bertz CT molecular complexity index is 196. The lowest BCUT2D eigenvalue weighted by Crippen LogP contribution is -2.52. The molecule has 0 aliphatic carbocycles. The summed E-state index contributed by atoms with van der Waals surface area (Å²) in [4.78, 5) is 6.93. The summed E-state index contributed by atoms with van der Waals surface area (Å²) in [5.74, 6) is 1.20. The van der Waals surface area contributed by atoms with Gasteiger partial charge in [0.1, 0.15) is 0 Å². The van der Waals surface area contributed by atoms with Crippen LogP contribution >= 0.6 is 0 Å².